The van der Waals surface area contributed by atoms with Gasteiger partial charge in [0.2, 0.25) is 8.32 Å². The quantitative estimate of drug-likeness (QED) is 0.370. The van der Waals surface area contributed by atoms with Gasteiger partial charge in [0.25, 0.3) is 0 Å². The second kappa shape index (κ2) is 13.4. The topological polar surface area (TPSA) is 47.6 Å². The van der Waals surface area contributed by atoms with E-state index in [1.165, 1.54) is 0 Å². The van der Waals surface area contributed by atoms with E-state index in [9.17, 15) is 4.57 Å². The van der Waals surface area contributed by atoms with E-state index in [0.29, 0.717) is 12.3 Å². The molecule has 0 aliphatic heterocycles. The second-order valence-corrected chi connectivity index (χ2v) is 12.4. The third-order valence-electron chi connectivity index (χ3n) is 2.72. The molecule has 4 nitrogen and oxygen atoms in total. The zero-order chi connectivity index (χ0) is 16.9. The summed E-state index contributed by atoms with van der Waals surface area (Å²) >= 11 is 0. The lowest BCUT2D eigenvalue weighted by molar-refractivity contribution is 0.160. The lowest BCUT2D eigenvalue weighted by Crippen LogP contribution is -2.35. The number of nitrogens with one attached hydrogen (secondary N) is 1. The summed E-state index contributed by atoms with van der Waals surface area (Å²) in [6.45, 7) is 17.6. The van der Waals surface area contributed by atoms with Gasteiger partial charge >= 0.3 is 7.80 Å². The Labute approximate surface area is 133 Å². The van der Waals surface area contributed by atoms with Crippen LogP contribution in [-0.2, 0) is 13.7 Å². The Kier molecular flexibility index (Phi) is 14.8. The molecule has 6 heteroatoms. The van der Waals surface area contributed by atoms with Crippen LogP contribution in [0.25, 0.3) is 0 Å². The first-order valence-electron chi connectivity index (χ1n) is 7.62. The van der Waals surface area contributed by atoms with Crippen molar-refractivity contribution in [2.24, 2.45) is 0 Å². The molecule has 21 heavy (non-hydrogen) atoms. The molecular weight excluding hydrogens is 301 g/mol. The van der Waals surface area contributed by atoms with Gasteiger partial charge in [-0.3, -0.25) is 0 Å². The van der Waals surface area contributed by atoms with E-state index in [1.807, 2.05) is 20.8 Å². The van der Waals surface area contributed by atoms with Gasteiger partial charge in [0, 0.05) is 25.8 Å². The van der Waals surface area contributed by atoms with E-state index < -0.39 is 16.1 Å². The van der Waals surface area contributed by atoms with Gasteiger partial charge in [0.1, 0.15) is 11.8 Å². The Hall–Kier alpha value is -0.223. The van der Waals surface area contributed by atoms with Crippen molar-refractivity contribution in [3.8, 4) is 0 Å². The molecule has 0 rings (SSSR count). The number of ether oxygens (including phenoxy) is 1. The highest BCUT2D eigenvalue weighted by molar-refractivity contribution is 7.45. The van der Waals surface area contributed by atoms with Crippen molar-refractivity contribution in [2.45, 2.75) is 52.9 Å². The zero-order valence-electron chi connectivity index (χ0n) is 15.0. The van der Waals surface area contributed by atoms with Crippen molar-refractivity contribution in [3.05, 3.63) is 12.3 Å². The zero-order valence-corrected chi connectivity index (χ0v) is 16.9. The normalized spacial score (nSPS) is 11.7. The molecule has 0 aliphatic carbocycles. The molecule has 0 aromatic rings. The molecule has 126 valence electrons. The van der Waals surface area contributed by atoms with Gasteiger partial charge in [-0.2, -0.15) is 0 Å². The summed E-state index contributed by atoms with van der Waals surface area (Å²) < 4.78 is 22.3. The minimum Gasteiger partial charge on any atom is -0.418 e. The van der Waals surface area contributed by atoms with Crippen LogP contribution in [0.4, 0.5) is 0 Å². The standard InChI is InChI=1S/C10H24O3PSi.C5H11N/c1-10(2)14(11)8-6-7-13-9-15(4,5)12-3;1-4-6-5(2)3/h10H,6-9H2,1-5H3;6H,2,4H2,1,3H3/q+1;. The maximum atomic E-state index is 11.4. The molecule has 0 aromatic carbocycles. The summed E-state index contributed by atoms with van der Waals surface area (Å²) in [5.41, 5.74) is 1.34. The summed E-state index contributed by atoms with van der Waals surface area (Å²) in [4.78, 5) is 0. The van der Waals surface area contributed by atoms with Gasteiger partial charge in [0.15, 0.2) is 0 Å². The molecule has 0 aliphatic rings. The van der Waals surface area contributed by atoms with Crippen LogP contribution in [-0.4, -0.2) is 46.6 Å². The average Bonchev–Trinajstić information content (AvgIpc) is 2.38. The minimum absolute atomic E-state index is 0.296. The molecule has 0 saturated heterocycles. The van der Waals surface area contributed by atoms with E-state index in [4.69, 9.17) is 9.16 Å². The lowest BCUT2D eigenvalue weighted by atomic mass is 10.5. The summed E-state index contributed by atoms with van der Waals surface area (Å²) in [5.74, 6) is 0. The Morgan fingerprint density at radius 1 is 1.38 bits per heavy atom. The fraction of sp³-hybridized carbons (Fsp3) is 0.867. The molecule has 1 unspecified atom stereocenters. The fourth-order valence-electron chi connectivity index (χ4n) is 1.26. The summed E-state index contributed by atoms with van der Waals surface area (Å²) in [6, 6.07) is 0. The highest BCUT2D eigenvalue weighted by Gasteiger charge is 2.22. The van der Waals surface area contributed by atoms with Gasteiger partial charge in [-0.15, -0.1) is 0 Å². The first-order chi connectivity index (χ1) is 9.66. The molecule has 0 spiro atoms. The SMILES string of the molecule is C=C(C)NCC.CO[Si](C)(C)COCCC[P+](=O)C(C)C. The van der Waals surface area contributed by atoms with E-state index >= 15 is 0 Å². The number of rotatable bonds is 10. The highest BCUT2D eigenvalue weighted by atomic mass is 31.1. The monoisotopic (exact) mass is 336 g/mol. The Balaban J connectivity index is 0. The van der Waals surface area contributed by atoms with Crippen LogP contribution in [0.1, 0.15) is 34.1 Å². The molecule has 1 N–H and O–H groups in total. The van der Waals surface area contributed by atoms with Crippen LogP contribution in [0.2, 0.25) is 13.1 Å². The number of hydrogen-bond acceptors (Lipinski definition) is 4. The number of hydrogen-bond donors (Lipinski definition) is 1. The van der Waals surface area contributed by atoms with Gasteiger partial charge < -0.3 is 14.5 Å². The molecule has 0 saturated carbocycles. The van der Waals surface area contributed by atoms with Crippen molar-refractivity contribution in [3.63, 3.8) is 0 Å². The first kappa shape index (κ1) is 23.0. The molecule has 0 bridgehead atoms. The van der Waals surface area contributed by atoms with Gasteiger partial charge in [-0.25, -0.2) is 0 Å². The van der Waals surface area contributed by atoms with Gasteiger partial charge in [-0.05, 0) is 40.8 Å². The van der Waals surface area contributed by atoms with Crippen molar-refractivity contribution >= 4 is 16.1 Å². The van der Waals surface area contributed by atoms with Crippen LogP contribution in [0.15, 0.2) is 12.3 Å². The largest absolute Gasteiger partial charge is 0.418 e. The number of allylic oxidation sites excluding steroid dienone is 1. The van der Waals surface area contributed by atoms with Crippen molar-refractivity contribution < 1.29 is 13.7 Å². The van der Waals surface area contributed by atoms with Crippen LogP contribution < -0.4 is 5.32 Å². The molecular formula is C15H35NO3PSi+. The maximum Gasteiger partial charge on any atom is 0.341 e. The average molecular weight is 337 g/mol. The molecule has 0 aromatic heterocycles. The van der Waals surface area contributed by atoms with E-state index in [0.717, 1.165) is 31.1 Å². The van der Waals surface area contributed by atoms with E-state index in [1.54, 1.807) is 7.11 Å². The lowest BCUT2D eigenvalue weighted by Gasteiger charge is -2.19. The van der Waals surface area contributed by atoms with E-state index in [2.05, 4.69) is 31.9 Å². The van der Waals surface area contributed by atoms with Crippen molar-refractivity contribution in [1.29, 1.82) is 0 Å². The van der Waals surface area contributed by atoms with E-state index in [-0.39, 0.29) is 0 Å². The third kappa shape index (κ3) is 17.7. The first-order valence-corrected chi connectivity index (χ1v) is 12.2. The second-order valence-electron chi connectivity index (χ2n) is 5.92. The van der Waals surface area contributed by atoms with Crippen LogP contribution in [0.5, 0.6) is 0 Å². The predicted octanol–water partition coefficient (Wildman–Crippen LogP) is 4.15. The van der Waals surface area contributed by atoms with Crippen LogP contribution in [0, 0.1) is 0 Å². The van der Waals surface area contributed by atoms with Crippen molar-refractivity contribution in [1.82, 2.24) is 5.32 Å². The van der Waals surface area contributed by atoms with Crippen LogP contribution in [0.3, 0.4) is 0 Å². The Bertz CT molecular complexity index is 297. The Morgan fingerprint density at radius 2 is 1.95 bits per heavy atom. The summed E-state index contributed by atoms with van der Waals surface area (Å²) in [5, 5.41) is 3.01. The molecule has 0 heterocycles. The molecule has 0 fully saturated rings. The fourth-order valence-corrected chi connectivity index (χ4v) is 2.97. The van der Waals surface area contributed by atoms with Gasteiger partial charge in [-0.1, -0.05) is 11.1 Å². The van der Waals surface area contributed by atoms with Crippen molar-refractivity contribution in [2.75, 3.05) is 32.7 Å². The van der Waals surface area contributed by atoms with Gasteiger partial charge in [0.05, 0.1) is 12.8 Å². The summed E-state index contributed by atoms with van der Waals surface area (Å²) in [7, 11) is -0.868. The minimum atomic E-state index is -1.57. The Morgan fingerprint density at radius 3 is 2.29 bits per heavy atom. The smallest absolute Gasteiger partial charge is 0.341 e. The molecule has 0 amide bonds. The maximum absolute atomic E-state index is 11.4. The molecule has 0 radical (unpaired) electrons. The predicted molar refractivity (Wildman–Crippen MR) is 96.0 cm³/mol. The van der Waals surface area contributed by atoms with Crippen LogP contribution >= 0.6 is 7.80 Å². The third-order valence-corrected chi connectivity index (χ3v) is 6.64. The molecule has 1 atom stereocenters. The highest BCUT2D eigenvalue weighted by Crippen LogP contribution is 2.27. The summed E-state index contributed by atoms with van der Waals surface area (Å²) in [6.07, 6.45) is 2.39.